The van der Waals surface area contributed by atoms with Crippen LogP contribution in [0.5, 0.6) is 0 Å². The largest absolute Gasteiger partial charge is 0.383 e. The zero-order valence-corrected chi connectivity index (χ0v) is 14.0. The van der Waals surface area contributed by atoms with Gasteiger partial charge < -0.3 is 10.1 Å². The van der Waals surface area contributed by atoms with Gasteiger partial charge in [-0.15, -0.1) is 5.10 Å². The van der Waals surface area contributed by atoms with Crippen LogP contribution in [0.2, 0.25) is 0 Å². The van der Waals surface area contributed by atoms with Crippen molar-refractivity contribution in [3.05, 3.63) is 49.1 Å². The second-order valence-corrected chi connectivity index (χ2v) is 5.92. The number of nitrogens with zero attached hydrogens (tertiary/aromatic N) is 5. The van der Waals surface area contributed by atoms with Gasteiger partial charge in [0.15, 0.2) is 5.65 Å². The maximum absolute atomic E-state index is 5.12. The highest BCUT2D eigenvalue weighted by molar-refractivity contribution is 5.86. The van der Waals surface area contributed by atoms with E-state index in [1.807, 2.05) is 48.2 Å². The van der Waals surface area contributed by atoms with E-state index < -0.39 is 0 Å². The van der Waals surface area contributed by atoms with Crippen molar-refractivity contribution in [3.8, 4) is 11.1 Å². The molecular formula is C18H18N6O. The molecule has 0 saturated heterocycles. The van der Waals surface area contributed by atoms with E-state index in [-0.39, 0.29) is 6.04 Å². The molecule has 126 valence electrons. The number of hydrogen-bond acceptors (Lipinski definition) is 6. The molecule has 0 radical (unpaired) electrons. The van der Waals surface area contributed by atoms with Gasteiger partial charge in [-0.3, -0.25) is 0 Å². The third-order valence-corrected chi connectivity index (χ3v) is 3.97. The van der Waals surface area contributed by atoms with Gasteiger partial charge in [-0.1, -0.05) is 0 Å². The first-order valence-corrected chi connectivity index (χ1v) is 8.05. The van der Waals surface area contributed by atoms with Crippen LogP contribution in [0.15, 0.2) is 49.1 Å². The van der Waals surface area contributed by atoms with E-state index in [0.717, 1.165) is 27.7 Å². The number of methoxy groups -OCH3 is 1. The minimum absolute atomic E-state index is 0.134. The Morgan fingerprint density at radius 2 is 2.12 bits per heavy atom. The number of ether oxygens (including phenoxy) is 1. The fourth-order valence-corrected chi connectivity index (χ4v) is 2.84. The average molecular weight is 334 g/mol. The normalized spacial score (nSPS) is 12.6. The molecule has 1 unspecified atom stereocenters. The van der Waals surface area contributed by atoms with Crippen LogP contribution in [0.4, 0.5) is 5.95 Å². The smallest absolute Gasteiger partial charge is 0.241 e. The lowest BCUT2D eigenvalue weighted by atomic mass is 10.1. The number of fused-ring (bicyclic) bond motifs is 2. The predicted molar refractivity (Wildman–Crippen MR) is 96.5 cm³/mol. The Morgan fingerprint density at radius 3 is 3.00 bits per heavy atom. The van der Waals surface area contributed by atoms with E-state index in [1.54, 1.807) is 13.3 Å². The van der Waals surface area contributed by atoms with E-state index in [4.69, 9.17) is 4.74 Å². The summed E-state index contributed by atoms with van der Waals surface area (Å²) in [5, 5.41) is 8.74. The number of anilines is 1. The Balaban J connectivity index is 1.70. The number of rotatable bonds is 5. The van der Waals surface area contributed by atoms with Gasteiger partial charge in [0.2, 0.25) is 5.95 Å². The molecule has 25 heavy (non-hydrogen) atoms. The summed E-state index contributed by atoms with van der Waals surface area (Å²) in [5.74, 6) is 0.569. The van der Waals surface area contributed by atoms with Crippen molar-refractivity contribution in [2.75, 3.05) is 19.0 Å². The number of pyridine rings is 2. The molecule has 0 saturated carbocycles. The molecule has 7 heteroatoms. The standard InChI is InChI=1S/C18H18N6O/c1-12(11-25-2)22-18-21-10-16-15(5-7-24(16)23-18)14-8-13-4-3-6-19-17(13)20-9-14/h3-10,12H,11H2,1-2H3,(H,22,23). The molecule has 4 rings (SSSR count). The van der Waals surface area contributed by atoms with Crippen molar-refractivity contribution in [2.45, 2.75) is 13.0 Å². The molecule has 0 amide bonds. The van der Waals surface area contributed by atoms with E-state index in [1.165, 1.54) is 0 Å². The summed E-state index contributed by atoms with van der Waals surface area (Å²) in [7, 11) is 1.67. The predicted octanol–water partition coefficient (Wildman–Crippen LogP) is 2.79. The highest BCUT2D eigenvalue weighted by Crippen LogP contribution is 2.26. The number of hydrogen-bond donors (Lipinski definition) is 1. The van der Waals surface area contributed by atoms with Crippen molar-refractivity contribution < 1.29 is 4.74 Å². The van der Waals surface area contributed by atoms with Gasteiger partial charge in [0.05, 0.1) is 18.3 Å². The molecular weight excluding hydrogens is 316 g/mol. The molecule has 4 aromatic heterocycles. The van der Waals surface area contributed by atoms with Crippen LogP contribution in [0.25, 0.3) is 27.7 Å². The second kappa shape index (κ2) is 6.45. The highest BCUT2D eigenvalue weighted by atomic mass is 16.5. The fraction of sp³-hybridized carbons (Fsp3) is 0.222. The van der Waals surface area contributed by atoms with E-state index in [9.17, 15) is 0 Å². The molecule has 0 bridgehead atoms. The van der Waals surface area contributed by atoms with Gasteiger partial charge >= 0.3 is 0 Å². The zero-order chi connectivity index (χ0) is 17.2. The molecule has 0 spiro atoms. The first-order valence-electron chi connectivity index (χ1n) is 8.05. The van der Waals surface area contributed by atoms with Crippen LogP contribution >= 0.6 is 0 Å². The molecule has 1 atom stereocenters. The van der Waals surface area contributed by atoms with Gasteiger partial charge in [-0.05, 0) is 31.2 Å². The summed E-state index contributed by atoms with van der Waals surface area (Å²) in [6.07, 6.45) is 7.32. The zero-order valence-electron chi connectivity index (χ0n) is 14.0. The summed E-state index contributed by atoms with van der Waals surface area (Å²) in [6, 6.07) is 8.15. The Morgan fingerprint density at radius 1 is 1.20 bits per heavy atom. The average Bonchev–Trinajstić information content (AvgIpc) is 3.04. The molecule has 7 nitrogen and oxygen atoms in total. The third-order valence-electron chi connectivity index (χ3n) is 3.97. The number of aromatic nitrogens is 5. The maximum Gasteiger partial charge on any atom is 0.241 e. The minimum Gasteiger partial charge on any atom is -0.383 e. The topological polar surface area (TPSA) is 77.2 Å². The minimum atomic E-state index is 0.134. The van der Waals surface area contributed by atoms with Gasteiger partial charge in [0.25, 0.3) is 0 Å². The van der Waals surface area contributed by atoms with Gasteiger partial charge in [-0.2, -0.15) is 0 Å². The van der Waals surface area contributed by atoms with Gasteiger partial charge in [0, 0.05) is 48.3 Å². The quantitative estimate of drug-likeness (QED) is 0.605. The van der Waals surface area contributed by atoms with E-state index in [0.29, 0.717) is 12.6 Å². The molecule has 4 aromatic rings. The van der Waals surface area contributed by atoms with Gasteiger partial charge in [-0.25, -0.2) is 19.5 Å². The molecule has 0 aliphatic rings. The van der Waals surface area contributed by atoms with Crippen molar-refractivity contribution in [1.82, 2.24) is 24.6 Å². The lowest BCUT2D eigenvalue weighted by molar-refractivity contribution is 0.190. The van der Waals surface area contributed by atoms with Crippen LogP contribution in [-0.2, 0) is 4.74 Å². The van der Waals surface area contributed by atoms with Gasteiger partial charge in [0.1, 0.15) is 0 Å². The lowest BCUT2D eigenvalue weighted by Crippen LogP contribution is -2.22. The van der Waals surface area contributed by atoms with Crippen LogP contribution in [-0.4, -0.2) is 44.3 Å². The van der Waals surface area contributed by atoms with Crippen LogP contribution in [0.3, 0.4) is 0 Å². The molecule has 0 fully saturated rings. The summed E-state index contributed by atoms with van der Waals surface area (Å²) < 4.78 is 6.94. The van der Waals surface area contributed by atoms with E-state index >= 15 is 0 Å². The van der Waals surface area contributed by atoms with Crippen molar-refractivity contribution >= 4 is 22.5 Å². The highest BCUT2D eigenvalue weighted by Gasteiger charge is 2.10. The molecule has 0 aliphatic carbocycles. The summed E-state index contributed by atoms with van der Waals surface area (Å²) in [6.45, 7) is 2.61. The van der Waals surface area contributed by atoms with Crippen molar-refractivity contribution in [1.29, 1.82) is 0 Å². The maximum atomic E-state index is 5.12. The lowest BCUT2D eigenvalue weighted by Gasteiger charge is -2.12. The first kappa shape index (κ1) is 15.5. The Kier molecular flexibility index (Phi) is 3.99. The first-order chi connectivity index (χ1) is 12.2. The molecule has 0 aromatic carbocycles. The fourth-order valence-electron chi connectivity index (χ4n) is 2.84. The second-order valence-electron chi connectivity index (χ2n) is 5.92. The summed E-state index contributed by atoms with van der Waals surface area (Å²) in [4.78, 5) is 13.1. The number of nitrogens with one attached hydrogen (secondary N) is 1. The van der Waals surface area contributed by atoms with Crippen molar-refractivity contribution in [3.63, 3.8) is 0 Å². The third kappa shape index (κ3) is 3.01. The van der Waals surface area contributed by atoms with Crippen LogP contribution in [0, 0.1) is 0 Å². The Bertz CT molecular complexity index is 1030. The monoisotopic (exact) mass is 334 g/mol. The summed E-state index contributed by atoms with van der Waals surface area (Å²) >= 11 is 0. The van der Waals surface area contributed by atoms with Crippen LogP contribution in [0.1, 0.15) is 6.92 Å². The van der Waals surface area contributed by atoms with Crippen LogP contribution < -0.4 is 5.32 Å². The molecule has 4 heterocycles. The summed E-state index contributed by atoms with van der Waals surface area (Å²) in [5.41, 5.74) is 3.72. The Labute approximate surface area is 144 Å². The molecule has 1 N–H and O–H groups in total. The SMILES string of the molecule is COCC(C)Nc1ncc2c(-c3cnc4ncccc4c3)ccn2n1. The van der Waals surface area contributed by atoms with Crippen molar-refractivity contribution in [2.24, 2.45) is 0 Å². The molecule has 0 aliphatic heterocycles. The van der Waals surface area contributed by atoms with E-state index in [2.05, 4.69) is 31.4 Å². The Hall–Kier alpha value is -3.06.